The van der Waals surface area contributed by atoms with Gasteiger partial charge in [0.25, 0.3) is 5.91 Å². The van der Waals surface area contributed by atoms with Gasteiger partial charge >= 0.3 is 23.9 Å². The highest BCUT2D eigenvalue weighted by Gasteiger charge is 2.38. The van der Waals surface area contributed by atoms with Crippen LogP contribution in [-0.2, 0) is 47.7 Å². The summed E-state index contributed by atoms with van der Waals surface area (Å²) in [7, 11) is 0. The molecule has 0 radical (unpaired) electrons. The maximum absolute atomic E-state index is 13.4. The van der Waals surface area contributed by atoms with Gasteiger partial charge in [0.2, 0.25) is 11.9 Å². The molecule has 1 aliphatic rings. The summed E-state index contributed by atoms with van der Waals surface area (Å²) in [6.07, 6.45) is -2.44. The van der Waals surface area contributed by atoms with E-state index in [9.17, 15) is 28.8 Å². The zero-order valence-electron chi connectivity index (χ0n) is 24.2. The van der Waals surface area contributed by atoms with Gasteiger partial charge in [0.15, 0.2) is 24.4 Å². The number of halogens is 1. The lowest BCUT2D eigenvalue weighted by atomic mass is 10.2. The monoisotopic (exact) mass is 663 g/mol. The van der Waals surface area contributed by atoms with Crippen LogP contribution in [-0.4, -0.2) is 98.9 Å². The first-order valence-electron chi connectivity index (χ1n) is 13.1. The molecule has 0 N–H and O–H groups in total. The highest BCUT2D eigenvalue weighted by atomic mass is 79.9. The molecule has 1 saturated heterocycles. The molecule has 4 atom stereocenters. The predicted molar refractivity (Wildman–Crippen MR) is 151 cm³/mol. The predicted octanol–water partition coefficient (Wildman–Crippen LogP) is 1.82. The SMILES string of the molecule is CC(=O)OC(C)C(=O)OC(C)C(=O)OC(C)C(=O)OC(C)C(=O)N1CCN(C(C)=O)C1=Nc1ccc2nccnc2c1Br. The number of hydrogen-bond acceptors (Lipinski definition) is 13. The van der Waals surface area contributed by atoms with Gasteiger partial charge in [0, 0.05) is 39.3 Å². The molecular formula is C27H30BrN5O10. The second-order valence-electron chi connectivity index (χ2n) is 9.38. The number of guanidine groups is 1. The van der Waals surface area contributed by atoms with E-state index in [-0.39, 0.29) is 25.0 Å². The van der Waals surface area contributed by atoms with Gasteiger partial charge in [-0.1, -0.05) is 0 Å². The van der Waals surface area contributed by atoms with Crippen molar-refractivity contribution in [3.8, 4) is 0 Å². The Morgan fingerprint density at radius 3 is 1.84 bits per heavy atom. The van der Waals surface area contributed by atoms with Crippen LogP contribution in [0.15, 0.2) is 34.0 Å². The number of ether oxygens (including phenoxy) is 4. The number of aromatic nitrogens is 2. The molecule has 2 heterocycles. The molecule has 43 heavy (non-hydrogen) atoms. The van der Waals surface area contributed by atoms with Gasteiger partial charge in [0.1, 0.15) is 5.52 Å². The molecule has 1 fully saturated rings. The van der Waals surface area contributed by atoms with E-state index in [1.165, 1.54) is 50.6 Å². The summed E-state index contributed by atoms with van der Waals surface area (Å²) in [5.74, 6) is -4.80. The van der Waals surface area contributed by atoms with Crippen LogP contribution in [0.5, 0.6) is 0 Å². The molecule has 230 valence electrons. The average Bonchev–Trinajstić information content (AvgIpc) is 3.37. The standard InChI is InChI=1S/C27H30BrN5O10/c1-13(41-25(38)15(3)43-26(39)16(4)42-24(37)14(2)40-18(6)35)23(36)33-12-11-32(17(5)34)27(33)31-19-7-8-20-22(21(19)28)30-10-9-29-20/h7-10,13-16H,11-12H2,1-6H3. The van der Waals surface area contributed by atoms with E-state index < -0.39 is 54.2 Å². The Labute approximate surface area is 254 Å². The van der Waals surface area contributed by atoms with Crippen LogP contribution in [0.4, 0.5) is 5.69 Å². The number of aliphatic imine (C=N–C) groups is 1. The van der Waals surface area contributed by atoms with E-state index in [0.29, 0.717) is 21.2 Å². The van der Waals surface area contributed by atoms with Crippen molar-refractivity contribution in [3.63, 3.8) is 0 Å². The Hall–Kier alpha value is -4.47. The van der Waals surface area contributed by atoms with E-state index in [0.717, 1.165) is 6.92 Å². The highest BCUT2D eigenvalue weighted by molar-refractivity contribution is 9.10. The molecule has 15 nitrogen and oxygen atoms in total. The largest absolute Gasteiger partial charge is 0.451 e. The van der Waals surface area contributed by atoms with Gasteiger partial charge in [-0.05, 0) is 55.8 Å². The van der Waals surface area contributed by atoms with Crippen molar-refractivity contribution in [1.29, 1.82) is 0 Å². The number of fused-ring (bicyclic) bond motifs is 1. The Bertz CT molecular complexity index is 1480. The molecule has 2 aromatic rings. The Morgan fingerprint density at radius 2 is 1.28 bits per heavy atom. The number of rotatable bonds is 9. The molecule has 2 amide bonds. The van der Waals surface area contributed by atoms with Crippen molar-refractivity contribution in [2.45, 2.75) is 66.0 Å². The second kappa shape index (κ2) is 14.1. The first kappa shape index (κ1) is 33.0. The topological polar surface area (TPSA) is 184 Å². The summed E-state index contributed by atoms with van der Waals surface area (Å²) >= 11 is 3.47. The minimum atomic E-state index is -1.47. The number of nitrogens with zero attached hydrogens (tertiary/aromatic N) is 5. The lowest BCUT2D eigenvalue weighted by Crippen LogP contribution is -2.45. The summed E-state index contributed by atoms with van der Waals surface area (Å²) in [6, 6.07) is 3.35. The van der Waals surface area contributed by atoms with Gasteiger partial charge in [0.05, 0.1) is 15.7 Å². The average molecular weight is 664 g/mol. The molecule has 3 rings (SSSR count). The molecule has 4 unspecified atom stereocenters. The van der Waals surface area contributed by atoms with E-state index in [4.69, 9.17) is 18.9 Å². The fourth-order valence-corrected chi connectivity index (χ4v) is 4.36. The fourth-order valence-electron chi connectivity index (χ4n) is 3.83. The lowest BCUT2D eigenvalue weighted by molar-refractivity contribution is -0.183. The number of benzene rings is 1. The minimum Gasteiger partial charge on any atom is -0.451 e. The van der Waals surface area contributed by atoms with Crippen molar-refractivity contribution in [3.05, 3.63) is 29.0 Å². The van der Waals surface area contributed by atoms with E-state index >= 15 is 0 Å². The Morgan fingerprint density at radius 1 is 0.767 bits per heavy atom. The summed E-state index contributed by atoms with van der Waals surface area (Å²) in [5, 5.41) is 0. The van der Waals surface area contributed by atoms with Crippen molar-refractivity contribution in [2.24, 2.45) is 4.99 Å². The van der Waals surface area contributed by atoms with E-state index in [1.54, 1.807) is 18.3 Å². The summed E-state index contributed by atoms with van der Waals surface area (Å²) < 4.78 is 20.4. The van der Waals surface area contributed by atoms with Crippen LogP contribution in [0.25, 0.3) is 11.0 Å². The van der Waals surface area contributed by atoms with Crippen LogP contribution in [0, 0.1) is 0 Å². The molecule has 0 saturated carbocycles. The van der Waals surface area contributed by atoms with Crippen LogP contribution < -0.4 is 0 Å². The van der Waals surface area contributed by atoms with Crippen molar-refractivity contribution in [1.82, 2.24) is 19.8 Å². The normalized spacial score (nSPS) is 16.7. The van der Waals surface area contributed by atoms with Crippen LogP contribution in [0.2, 0.25) is 0 Å². The fraction of sp³-hybridized carbons (Fsp3) is 0.444. The quantitative estimate of drug-likeness (QED) is 0.280. The summed E-state index contributed by atoms with van der Waals surface area (Å²) in [4.78, 5) is 89.2. The number of amides is 2. The Balaban J connectivity index is 1.68. The van der Waals surface area contributed by atoms with Gasteiger partial charge in [-0.2, -0.15) is 0 Å². The second-order valence-corrected chi connectivity index (χ2v) is 10.2. The zero-order chi connectivity index (χ0) is 32.0. The van der Waals surface area contributed by atoms with Gasteiger partial charge in [-0.15, -0.1) is 0 Å². The lowest BCUT2D eigenvalue weighted by Gasteiger charge is -2.24. The molecule has 0 spiro atoms. The third kappa shape index (κ3) is 8.09. The third-order valence-corrected chi connectivity index (χ3v) is 6.80. The number of hydrogen-bond donors (Lipinski definition) is 0. The van der Waals surface area contributed by atoms with Crippen LogP contribution >= 0.6 is 15.9 Å². The first-order valence-corrected chi connectivity index (χ1v) is 13.9. The first-order chi connectivity index (χ1) is 20.2. The smallest absolute Gasteiger partial charge is 0.347 e. The minimum absolute atomic E-state index is 0.0300. The van der Waals surface area contributed by atoms with Crippen molar-refractivity contribution < 1.29 is 47.7 Å². The molecule has 1 aliphatic heterocycles. The molecular weight excluding hydrogens is 634 g/mol. The number of carbonyl (C=O) groups is 6. The van der Waals surface area contributed by atoms with Crippen LogP contribution in [0.1, 0.15) is 41.5 Å². The van der Waals surface area contributed by atoms with Gasteiger partial charge < -0.3 is 18.9 Å². The third-order valence-electron chi connectivity index (χ3n) is 6.02. The van der Waals surface area contributed by atoms with Crippen LogP contribution in [0.3, 0.4) is 0 Å². The number of esters is 4. The maximum atomic E-state index is 13.4. The highest BCUT2D eigenvalue weighted by Crippen LogP contribution is 2.32. The molecule has 0 aliphatic carbocycles. The van der Waals surface area contributed by atoms with E-state index in [2.05, 4.69) is 30.9 Å². The molecule has 1 aromatic heterocycles. The molecule has 1 aromatic carbocycles. The number of carbonyl (C=O) groups excluding carboxylic acids is 6. The molecule has 16 heteroatoms. The zero-order valence-corrected chi connectivity index (χ0v) is 25.8. The summed E-state index contributed by atoms with van der Waals surface area (Å²) in [5.41, 5.74) is 1.53. The van der Waals surface area contributed by atoms with Gasteiger partial charge in [-0.3, -0.25) is 34.2 Å². The van der Waals surface area contributed by atoms with Crippen molar-refractivity contribution in [2.75, 3.05) is 13.1 Å². The summed E-state index contributed by atoms with van der Waals surface area (Å²) in [6.45, 7) is 7.70. The van der Waals surface area contributed by atoms with Crippen molar-refractivity contribution >= 4 is 74.3 Å². The van der Waals surface area contributed by atoms with Gasteiger partial charge in [-0.25, -0.2) is 19.4 Å². The Kier molecular flexibility index (Phi) is 10.9. The molecule has 0 bridgehead atoms. The maximum Gasteiger partial charge on any atom is 0.347 e. The van der Waals surface area contributed by atoms with E-state index in [1.807, 2.05) is 0 Å².